The average Bonchev–Trinajstić information content (AvgIpc) is 2.67. The summed E-state index contributed by atoms with van der Waals surface area (Å²) < 4.78 is 4.49. The zero-order chi connectivity index (χ0) is 13.1. The summed E-state index contributed by atoms with van der Waals surface area (Å²) in [5, 5.41) is 20.4. The number of hydrogen-bond acceptors (Lipinski definition) is 6. The molecule has 1 aromatic carbocycles. The van der Waals surface area contributed by atoms with Gasteiger partial charge in [-0.2, -0.15) is 0 Å². The third-order valence-corrected chi connectivity index (χ3v) is 2.18. The van der Waals surface area contributed by atoms with Crippen molar-refractivity contribution in [2.45, 2.75) is 6.92 Å². The normalized spacial score (nSPS) is 10.9. The predicted octanol–water partition coefficient (Wildman–Crippen LogP) is 2.60. The Hall–Kier alpha value is -2.77. The first kappa shape index (κ1) is 11.7. The molecule has 2 rings (SSSR count). The van der Waals surface area contributed by atoms with E-state index in [-0.39, 0.29) is 17.1 Å². The quantitative estimate of drug-likeness (QED) is 0.510. The molecule has 1 heterocycles. The van der Waals surface area contributed by atoms with E-state index in [1.54, 1.807) is 13.0 Å². The second kappa shape index (κ2) is 4.62. The fraction of sp³-hybridized carbons (Fsp3) is 0.100. The number of nitro groups is 1. The smallest absolute Gasteiger partial charge is 0.336 e. The lowest BCUT2D eigenvalue weighted by Crippen LogP contribution is -1.90. The summed E-state index contributed by atoms with van der Waals surface area (Å²) in [6.45, 7) is 1.58. The Morgan fingerprint density at radius 2 is 2.06 bits per heavy atom. The molecule has 0 radical (unpaired) electrons. The maximum Gasteiger partial charge on any atom is 0.384 e. The van der Waals surface area contributed by atoms with E-state index in [4.69, 9.17) is 0 Å². The number of benzene rings is 1. The van der Waals surface area contributed by atoms with Crippen molar-refractivity contribution in [1.82, 2.24) is 5.16 Å². The molecule has 1 aromatic heterocycles. The Labute approximate surface area is 100 Å². The molecule has 0 bridgehead atoms. The summed E-state index contributed by atoms with van der Waals surface area (Å²) in [5.41, 5.74) is -0.383. The van der Waals surface area contributed by atoms with E-state index in [2.05, 4.69) is 19.9 Å². The predicted molar refractivity (Wildman–Crippen MR) is 61.3 cm³/mol. The standard InChI is InChI=1S/C10H8N4O4/c1-6-9(10(15)18-13-6)12-11-7-4-2-3-5-8(7)14(16)17/h2-5,13H,1H3. The molecule has 0 aliphatic heterocycles. The molecule has 0 unspecified atom stereocenters. The van der Waals surface area contributed by atoms with Crippen LogP contribution in [0.1, 0.15) is 5.69 Å². The van der Waals surface area contributed by atoms with E-state index in [9.17, 15) is 14.9 Å². The molecule has 0 saturated carbocycles. The maximum atomic E-state index is 11.2. The first-order chi connectivity index (χ1) is 8.59. The van der Waals surface area contributed by atoms with Crippen molar-refractivity contribution in [2.75, 3.05) is 0 Å². The number of nitro benzene ring substituents is 1. The molecule has 1 N–H and O–H groups in total. The lowest BCUT2D eigenvalue weighted by molar-refractivity contribution is -0.384. The number of nitrogens with zero attached hydrogens (tertiary/aromatic N) is 3. The number of aryl methyl sites for hydroxylation is 1. The lowest BCUT2D eigenvalue weighted by Gasteiger charge is -1.94. The Bertz CT molecular complexity index is 671. The molecule has 8 nitrogen and oxygen atoms in total. The van der Waals surface area contributed by atoms with Crippen LogP contribution in [0.15, 0.2) is 43.8 Å². The van der Waals surface area contributed by atoms with E-state index in [1.165, 1.54) is 18.2 Å². The molecule has 0 atom stereocenters. The monoisotopic (exact) mass is 248 g/mol. The highest BCUT2D eigenvalue weighted by molar-refractivity contribution is 5.56. The highest BCUT2D eigenvalue weighted by Gasteiger charge is 2.13. The minimum Gasteiger partial charge on any atom is -0.336 e. The third-order valence-electron chi connectivity index (χ3n) is 2.18. The van der Waals surface area contributed by atoms with Crippen LogP contribution in [0, 0.1) is 17.0 Å². The van der Waals surface area contributed by atoms with Crippen molar-refractivity contribution in [1.29, 1.82) is 0 Å². The molecule has 0 saturated heterocycles. The van der Waals surface area contributed by atoms with Crippen molar-refractivity contribution in [3.05, 3.63) is 50.5 Å². The van der Waals surface area contributed by atoms with E-state index in [0.29, 0.717) is 5.69 Å². The van der Waals surface area contributed by atoms with Crippen LogP contribution in [0.25, 0.3) is 0 Å². The molecule has 0 amide bonds. The van der Waals surface area contributed by atoms with Crippen molar-refractivity contribution < 1.29 is 9.45 Å². The van der Waals surface area contributed by atoms with Gasteiger partial charge in [-0.05, 0) is 13.0 Å². The Balaban J connectivity index is 2.41. The molecule has 2 aromatic rings. The summed E-state index contributed by atoms with van der Waals surface area (Å²) in [6.07, 6.45) is 0. The van der Waals surface area contributed by atoms with Gasteiger partial charge in [-0.15, -0.1) is 10.2 Å². The van der Waals surface area contributed by atoms with Crippen molar-refractivity contribution in [2.24, 2.45) is 10.2 Å². The molecule has 92 valence electrons. The van der Waals surface area contributed by atoms with Crippen LogP contribution in [0.4, 0.5) is 17.1 Å². The van der Waals surface area contributed by atoms with Gasteiger partial charge in [-0.1, -0.05) is 12.1 Å². The minimum absolute atomic E-state index is 0.00634. The number of nitrogens with one attached hydrogen (secondary N) is 1. The number of aromatic nitrogens is 1. The molecular weight excluding hydrogens is 240 g/mol. The number of para-hydroxylation sites is 1. The molecule has 0 spiro atoms. The van der Waals surface area contributed by atoms with Gasteiger partial charge in [0.15, 0.2) is 11.4 Å². The summed E-state index contributed by atoms with van der Waals surface area (Å²) in [4.78, 5) is 21.4. The van der Waals surface area contributed by atoms with Gasteiger partial charge in [-0.3, -0.25) is 10.1 Å². The van der Waals surface area contributed by atoms with Gasteiger partial charge in [0.1, 0.15) is 0 Å². The Morgan fingerprint density at radius 1 is 1.33 bits per heavy atom. The minimum atomic E-state index is -0.671. The largest absolute Gasteiger partial charge is 0.384 e. The SMILES string of the molecule is Cc1[nH]oc(=O)c1N=Nc1ccccc1[N+](=O)[O-]. The van der Waals surface area contributed by atoms with E-state index < -0.39 is 10.5 Å². The first-order valence-electron chi connectivity index (χ1n) is 4.93. The Morgan fingerprint density at radius 3 is 2.67 bits per heavy atom. The topological polar surface area (TPSA) is 114 Å². The van der Waals surface area contributed by atoms with E-state index in [0.717, 1.165) is 0 Å². The van der Waals surface area contributed by atoms with Crippen molar-refractivity contribution in [3.8, 4) is 0 Å². The molecule has 0 aliphatic rings. The number of H-pyrrole nitrogens is 1. The summed E-state index contributed by atoms with van der Waals surface area (Å²) in [7, 11) is 0. The van der Waals surface area contributed by atoms with Gasteiger partial charge in [0, 0.05) is 6.07 Å². The van der Waals surface area contributed by atoms with Crippen LogP contribution in [0.5, 0.6) is 0 Å². The van der Waals surface area contributed by atoms with Gasteiger partial charge < -0.3 is 4.52 Å². The van der Waals surface area contributed by atoms with Gasteiger partial charge in [-0.25, -0.2) is 9.95 Å². The molecule has 0 fully saturated rings. The first-order valence-corrected chi connectivity index (χ1v) is 4.93. The summed E-state index contributed by atoms with van der Waals surface area (Å²) in [5.74, 6) is 0. The summed E-state index contributed by atoms with van der Waals surface area (Å²) >= 11 is 0. The number of rotatable bonds is 3. The van der Waals surface area contributed by atoms with E-state index in [1.807, 2.05) is 0 Å². The van der Waals surface area contributed by atoms with Crippen LogP contribution in [0.2, 0.25) is 0 Å². The fourth-order valence-corrected chi connectivity index (χ4v) is 1.30. The van der Waals surface area contributed by atoms with Crippen molar-refractivity contribution >= 4 is 17.1 Å². The average molecular weight is 248 g/mol. The molecule has 18 heavy (non-hydrogen) atoms. The van der Waals surface area contributed by atoms with E-state index >= 15 is 0 Å². The third kappa shape index (κ3) is 2.17. The van der Waals surface area contributed by atoms with Crippen LogP contribution in [-0.2, 0) is 0 Å². The molecule has 8 heteroatoms. The number of azo groups is 1. The van der Waals surface area contributed by atoms with Crippen LogP contribution < -0.4 is 5.63 Å². The highest BCUT2D eigenvalue weighted by atomic mass is 16.6. The summed E-state index contributed by atoms with van der Waals surface area (Å²) in [6, 6.07) is 5.85. The molecule has 0 aliphatic carbocycles. The second-order valence-electron chi connectivity index (χ2n) is 3.41. The Kier molecular flexibility index (Phi) is 3.00. The fourth-order valence-electron chi connectivity index (χ4n) is 1.30. The maximum absolute atomic E-state index is 11.2. The number of hydrogen-bond donors (Lipinski definition) is 1. The highest BCUT2D eigenvalue weighted by Crippen LogP contribution is 2.27. The lowest BCUT2D eigenvalue weighted by atomic mass is 10.3. The zero-order valence-corrected chi connectivity index (χ0v) is 9.28. The van der Waals surface area contributed by atoms with Gasteiger partial charge >= 0.3 is 5.63 Å². The van der Waals surface area contributed by atoms with Gasteiger partial charge in [0.05, 0.1) is 10.6 Å². The number of aromatic amines is 1. The van der Waals surface area contributed by atoms with Crippen LogP contribution >= 0.6 is 0 Å². The van der Waals surface area contributed by atoms with Crippen LogP contribution in [0.3, 0.4) is 0 Å². The van der Waals surface area contributed by atoms with Gasteiger partial charge in [0.2, 0.25) is 0 Å². The second-order valence-corrected chi connectivity index (χ2v) is 3.41. The zero-order valence-electron chi connectivity index (χ0n) is 9.28. The van der Waals surface area contributed by atoms with Gasteiger partial charge in [0.25, 0.3) is 5.69 Å². The molecular formula is C10H8N4O4. The van der Waals surface area contributed by atoms with Crippen molar-refractivity contribution in [3.63, 3.8) is 0 Å². The van der Waals surface area contributed by atoms with Crippen LogP contribution in [-0.4, -0.2) is 10.1 Å².